The third-order valence-corrected chi connectivity index (χ3v) is 6.42. The van der Waals surface area contributed by atoms with Crippen molar-refractivity contribution in [1.29, 1.82) is 0 Å². The van der Waals surface area contributed by atoms with Crippen LogP contribution in [-0.2, 0) is 6.54 Å². The van der Waals surface area contributed by atoms with Gasteiger partial charge in [-0.15, -0.1) is 11.8 Å². The van der Waals surface area contributed by atoms with E-state index in [-0.39, 0.29) is 12.1 Å². The lowest BCUT2D eigenvalue weighted by molar-refractivity contribution is 0.0735. The van der Waals surface area contributed by atoms with Crippen LogP contribution in [0.4, 0.5) is 5.82 Å². The van der Waals surface area contributed by atoms with Gasteiger partial charge in [-0.05, 0) is 48.6 Å². The van der Waals surface area contributed by atoms with E-state index in [0.29, 0.717) is 11.8 Å². The molecule has 26 heavy (non-hydrogen) atoms. The van der Waals surface area contributed by atoms with Gasteiger partial charge >= 0.3 is 0 Å². The second kappa shape index (κ2) is 7.94. The number of rotatable bonds is 5. The van der Waals surface area contributed by atoms with Crippen molar-refractivity contribution >= 4 is 17.6 Å². The van der Waals surface area contributed by atoms with Crippen LogP contribution in [0.2, 0.25) is 0 Å². The van der Waals surface area contributed by atoms with Gasteiger partial charge in [0.05, 0.1) is 18.3 Å². The maximum absolute atomic E-state index is 10.6. The first-order valence-electron chi connectivity index (χ1n) is 9.27. The Morgan fingerprint density at radius 1 is 1.15 bits per heavy atom. The van der Waals surface area contributed by atoms with Crippen molar-refractivity contribution in [3.05, 3.63) is 48.4 Å². The van der Waals surface area contributed by atoms with Crippen LogP contribution in [0.15, 0.2) is 47.8 Å². The van der Waals surface area contributed by atoms with Crippen LogP contribution < -0.4 is 5.32 Å². The monoisotopic (exact) mass is 370 g/mol. The summed E-state index contributed by atoms with van der Waals surface area (Å²) in [6.07, 6.45) is 8.71. The van der Waals surface area contributed by atoms with E-state index in [2.05, 4.69) is 50.7 Å². The molecule has 1 aliphatic heterocycles. The summed E-state index contributed by atoms with van der Waals surface area (Å²) in [4.78, 5) is 12.2. The normalized spacial score (nSPS) is 28.7. The van der Waals surface area contributed by atoms with Crippen molar-refractivity contribution in [1.82, 2.24) is 14.9 Å². The zero-order chi connectivity index (χ0) is 17.9. The van der Waals surface area contributed by atoms with Crippen LogP contribution in [0.1, 0.15) is 18.4 Å². The van der Waals surface area contributed by atoms with Crippen LogP contribution in [0, 0.1) is 11.8 Å². The summed E-state index contributed by atoms with van der Waals surface area (Å²) in [6.45, 7) is 3.20. The fraction of sp³-hybridized carbons (Fsp3) is 0.500. The molecule has 2 aromatic rings. The fourth-order valence-electron chi connectivity index (χ4n) is 4.36. The van der Waals surface area contributed by atoms with Gasteiger partial charge in [0.2, 0.25) is 0 Å². The molecule has 1 aromatic carbocycles. The Kier molecular flexibility index (Phi) is 5.43. The molecule has 1 aliphatic carbocycles. The van der Waals surface area contributed by atoms with E-state index in [1.807, 2.05) is 0 Å². The molecular formula is C20H26N4OS. The summed E-state index contributed by atoms with van der Waals surface area (Å²) in [6, 6.07) is 8.94. The minimum absolute atomic E-state index is 0.0637. The highest BCUT2D eigenvalue weighted by atomic mass is 32.2. The van der Waals surface area contributed by atoms with Gasteiger partial charge < -0.3 is 10.4 Å². The van der Waals surface area contributed by atoms with Crippen molar-refractivity contribution in [2.45, 2.75) is 36.4 Å². The highest BCUT2D eigenvalue weighted by Gasteiger charge is 2.41. The van der Waals surface area contributed by atoms with E-state index >= 15 is 0 Å². The lowest BCUT2D eigenvalue weighted by Crippen LogP contribution is -2.43. The largest absolute Gasteiger partial charge is 0.391 e. The Morgan fingerprint density at radius 2 is 1.92 bits per heavy atom. The number of nitrogens with zero attached hydrogens (tertiary/aromatic N) is 3. The second-order valence-electron chi connectivity index (χ2n) is 7.44. The SMILES string of the molecule is CSc1ccc(CN2C[C@H]3C[C@@H](Nc4cnccn4)[C@H](O)C[C@H]3C2)cc1. The standard InChI is InChI=1S/C20H26N4OS/c1-26-17-4-2-14(3-5-17)11-24-12-15-8-18(19(25)9-16(15)13-24)23-20-10-21-6-7-22-20/h2-7,10,15-16,18-19,25H,8-9,11-13H2,1H3,(H,22,23)/t15-,16+,18-,19-/m1/s1. The van der Waals surface area contributed by atoms with Gasteiger partial charge in [0, 0.05) is 36.9 Å². The number of hydrogen-bond donors (Lipinski definition) is 2. The molecule has 1 saturated heterocycles. The highest BCUT2D eigenvalue weighted by Crippen LogP contribution is 2.38. The van der Waals surface area contributed by atoms with Gasteiger partial charge in [0.1, 0.15) is 5.82 Å². The van der Waals surface area contributed by atoms with Crippen LogP contribution in [0.25, 0.3) is 0 Å². The molecule has 0 unspecified atom stereocenters. The molecule has 5 nitrogen and oxygen atoms in total. The summed E-state index contributed by atoms with van der Waals surface area (Å²) in [5, 5.41) is 14.0. The zero-order valence-corrected chi connectivity index (χ0v) is 15.9. The van der Waals surface area contributed by atoms with Gasteiger partial charge in [-0.25, -0.2) is 4.98 Å². The number of fused-ring (bicyclic) bond motifs is 1. The molecule has 0 spiro atoms. The molecule has 6 heteroatoms. The molecule has 1 aromatic heterocycles. The summed E-state index contributed by atoms with van der Waals surface area (Å²) in [7, 11) is 0. The topological polar surface area (TPSA) is 61.3 Å². The predicted molar refractivity (Wildman–Crippen MR) is 105 cm³/mol. The molecule has 0 amide bonds. The molecule has 2 fully saturated rings. The Balaban J connectivity index is 1.36. The molecular weight excluding hydrogens is 344 g/mol. The quantitative estimate of drug-likeness (QED) is 0.789. The van der Waals surface area contributed by atoms with Gasteiger partial charge in [-0.1, -0.05) is 12.1 Å². The number of aliphatic hydroxyl groups excluding tert-OH is 1. The summed E-state index contributed by atoms with van der Waals surface area (Å²) in [5.74, 6) is 1.98. The number of thioether (sulfide) groups is 1. The first-order chi connectivity index (χ1) is 12.7. The van der Waals surface area contributed by atoms with E-state index in [1.165, 1.54) is 10.5 Å². The van der Waals surface area contributed by atoms with Crippen molar-refractivity contribution < 1.29 is 5.11 Å². The van der Waals surface area contributed by atoms with Crippen LogP contribution in [0.3, 0.4) is 0 Å². The summed E-state index contributed by atoms with van der Waals surface area (Å²) < 4.78 is 0. The number of benzene rings is 1. The van der Waals surface area contributed by atoms with E-state index < -0.39 is 0 Å². The molecule has 1 saturated carbocycles. The minimum Gasteiger partial charge on any atom is -0.391 e. The highest BCUT2D eigenvalue weighted by molar-refractivity contribution is 7.98. The van der Waals surface area contributed by atoms with E-state index in [9.17, 15) is 5.11 Å². The van der Waals surface area contributed by atoms with Crippen molar-refractivity contribution in [2.24, 2.45) is 11.8 Å². The third kappa shape index (κ3) is 4.03. The van der Waals surface area contributed by atoms with Gasteiger partial charge in [0.15, 0.2) is 0 Å². The van der Waals surface area contributed by atoms with Crippen molar-refractivity contribution in [2.75, 3.05) is 24.7 Å². The molecule has 2 N–H and O–H groups in total. The Hall–Kier alpha value is -1.63. The number of aliphatic hydroxyl groups is 1. The summed E-state index contributed by atoms with van der Waals surface area (Å²) >= 11 is 1.78. The average Bonchev–Trinajstić information content (AvgIpc) is 3.04. The van der Waals surface area contributed by atoms with Crippen LogP contribution >= 0.6 is 11.8 Å². The summed E-state index contributed by atoms with van der Waals surface area (Å²) in [5.41, 5.74) is 1.37. The fourth-order valence-corrected chi connectivity index (χ4v) is 4.77. The number of likely N-dealkylation sites (tertiary alicyclic amines) is 1. The number of aromatic nitrogens is 2. The number of hydrogen-bond acceptors (Lipinski definition) is 6. The van der Waals surface area contributed by atoms with Crippen LogP contribution in [0.5, 0.6) is 0 Å². The molecule has 4 atom stereocenters. The Morgan fingerprint density at radius 3 is 2.62 bits per heavy atom. The maximum Gasteiger partial charge on any atom is 0.144 e. The van der Waals surface area contributed by atoms with Gasteiger partial charge in [0.25, 0.3) is 0 Å². The molecule has 2 aliphatic rings. The second-order valence-corrected chi connectivity index (χ2v) is 8.32. The van der Waals surface area contributed by atoms with Gasteiger partial charge in [-0.3, -0.25) is 9.88 Å². The van der Waals surface area contributed by atoms with Crippen LogP contribution in [-0.4, -0.2) is 51.5 Å². The average molecular weight is 371 g/mol. The predicted octanol–water partition coefficient (Wildman–Crippen LogP) is 2.88. The first-order valence-corrected chi connectivity index (χ1v) is 10.5. The van der Waals surface area contributed by atoms with Crippen molar-refractivity contribution in [3.8, 4) is 0 Å². The lowest BCUT2D eigenvalue weighted by Gasteiger charge is -2.35. The smallest absolute Gasteiger partial charge is 0.144 e. The zero-order valence-electron chi connectivity index (χ0n) is 15.1. The maximum atomic E-state index is 10.6. The molecule has 0 radical (unpaired) electrons. The van der Waals surface area contributed by atoms with E-state index in [1.54, 1.807) is 30.4 Å². The van der Waals surface area contributed by atoms with Crippen molar-refractivity contribution in [3.63, 3.8) is 0 Å². The van der Waals surface area contributed by atoms with Gasteiger partial charge in [-0.2, -0.15) is 0 Å². The first kappa shape index (κ1) is 17.8. The Labute approximate surface area is 159 Å². The molecule has 4 rings (SSSR count). The number of anilines is 1. The van der Waals surface area contributed by atoms with E-state index in [0.717, 1.165) is 38.3 Å². The third-order valence-electron chi connectivity index (χ3n) is 5.68. The Bertz CT molecular complexity index is 712. The van der Waals surface area contributed by atoms with E-state index in [4.69, 9.17) is 0 Å². The lowest BCUT2D eigenvalue weighted by atomic mass is 9.77. The molecule has 138 valence electrons. The molecule has 0 bridgehead atoms. The number of nitrogens with one attached hydrogen (secondary N) is 1. The minimum atomic E-state index is -0.320. The molecule has 2 heterocycles.